The van der Waals surface area contributed by atoms with Crippen molar-refractivity contribution < 1.29 is 0 Å². The number of hydrogen-bond donors (Lipinski definition) is 0. The highest BCUT2D eigenvalue weighted by Gasteiger charge is 2.07. The third-order valence-corrected chi connectivity index (χ3v) is 3.85. The van der Waals surface area contributed by atoms with Gasteiger partial charge < -0.3 is 0 Å². The van der Waals surface area contributed by atoms with Crippen molar-refractivity contribution in [2.75, 3.05) is 0 Å². The summed E-state index contributed by atoms with van der Waals surface area (Å²) >= 11 is 1.88. The molecule has 2 rings (SSSR count). The lowest BCUT2D eigenvalue weighted by atomic mass is 9.96. The minimum atomic E-state index is 0.253. The predicted molar refractivity (Wildman–Crippen MR) is 75.1 cm³/mol. The smallest absolute Gasteiger partial charge is 0.0351 e. The highest BCUT2D eigenvalue weighted by molar-refractivity contribution is 7.20. The summed E-state index contributed by atoms with van der Waals surface area (Å²) in [4.78, 5) is 1.39. The number of thiophene rings is 1. The molecule has 0 aliphatic heterocycles. The van der Waals surface area contributed by atoms with Crippen LogP contribution in [-0.2, 0) is 0 Å². The van der Waals surface area contributed by atoms with Crippen LogP contribution >= 0.6 is 11.3 Å². The molecule has 1 heterocycles. The van der Waals surface area contributed by atoms with Crippen molar-refractivity contribution in [2.45, 2.75) is 27.7 Å². The molecule has 84 valence electrons. The molecule has 0 N–H and O–H groups in total. The first-order valence-corrected chi connectivity index (χ1v) is 6.46. The molecule has 16 heavy (non-hydrogen) atoms. The molecule has 1 aromatic heterocycles. The molecule has 0 bridgehead atoms. The second-order valence-electron chi connectivity index (χ2n) is 5.29. The van der Waals surface area contributed by atoms with Gasteiger partial charge in [0.15, 0.2) is 0 Å². The predicted octanol–water partition coefficient (Wildman–Crippen LogP) is 5.27. The van der Waals surface area contributed by atoms with Crippen LogP contribution in [0.1, 0.15) is 31.2 Å². The van der Waals surface area contributed by atoms with Gasteiger partial charge in [0.2, 0.25) is 0 Å². The van der Waals surface area contributed by atoms with E-state index in [4.69, 9.17) is 0 Å². The molecule has 0 saturated carbocycles. The average molecular weight is 230 g/mol. The van der Waals surface area contributed by atoms with E-state index in [-0.39, 0.29) is 5.41 Å². The number of benzene rings is 1. The molecule has 0 spiro atoms. The normalized spacial score (nSPS) is 12.8. The van der Waals surface area contributed by atoms with Crippen molar-refractivity contribution in [1.29, 1.82) is 0 Å². The Kier molecular flexibility index (Phi) is 2.90. The van der Waals surface area contributed by atoms with E-state index in [0.29, 0.717) is 0 Å². The van der Waals surface area contributed by atoms with E-state index in [2.05, 4.69) is 64.1 Å². The summed E-state index contributed by atoms with van der Waals surface area (Å²) < 4.78 is 1.38. The van der Waals surface area contributed by atoms with Crippen LogP contribution in [0.15, 0.2) is 30.3 Å². The SMILES string of the molecule is Cc1c(/C=C/C(C)(C)C)sc2ccccc12. The van der Waals surface area contributed by atoms with Crippen LogP contribution in [0.4, 0.5) is 0 Å². The molecular formula is C15H18S. The molecule has 1 heteroatoms. The van der Waals surface area contributed by atoms with E-state index < -0.39 is 0 Å². The van der Waals surface area contributed by atoms with Gasteiger partial charge in [-0.3, -0.25) is 0 Å². The molecule has 2 aromatic rings. The van der Waals surface area contributed by atoms with E-state index >= 15 is 0 Å². The summed E-state index contributed by atoms with van der Waals surface area (Å²) in [5, 5.41) is 1.39. The summed E-state index contributed by atoms with van der Waals surface area (Å²) in [6.45, 7) is 8.89. The monoisotopic (exact) mass is 230 g/mol. The van der Waals surface area contributed by atoms with Crippen molar-refractivity contribution >= 4 is 27.5 Å². The van der Waals surface area contributed by atoms with E-state index in [1.165, 1.54) is 20.5 Å². The highest BCUT2D eigenvalue weighted by atomic mass is 32.1. The van der Waals surface area contributed by atoms with Crippen LogP contribution < -0.4 is 0 Å². The van der Waals surface area contributed by atoms with Crippen LogP contribution in [0.5, 0.6) is 0 Å². The van der Waals surface area contributed by atoms with Crippen molar-refractivity contribution in [1.82, 2.24) is 0 Å². The second kappa shape index (κ2) is 4.06. The number of aryl methyl sites for hydroxylation is 1. The fourth-order valence-electron chi connectivity index (χ4n) is 1.68. The minimum absolute atomic E-state index is 0.253. The van der Waals surface area contributed by atoms with Gasteiger partial charge in [-0.2, -0.15) is 0 Å². The molecule has 0 atom stereocenters. The molecule has 0 amide bonds. The lowest BCUT2D eigenvalue weighted by molar-refractivity contribution is 0.547. The van der Waals surface area contributed by atoms with Gasteiger partial charge in [0.1, 0.15) is 0 Å². The average Bonchev–Trinajstić information content (AvgIpc) is 2.53. The zero-order valence-corrected chi connectivity index (χ0v) is 11.2. The van der Waals surface area contributed by atoms with Gasteiger partial charge in [-0.05, 0) is 35.4 Å². The zero-order valence-electron chi connectivity index (χ0n) is 10.4. The Labute approximate surface area is 102 Å². The van der Waals surface area contributed by atoms with Gasteiger partial charge in [0, 0.05) is 9.58 Å². The summed E-state index contributed by atoms with van der Waals surface area (Å²) in [5.41, 5.74) is 1.66. The summed E-state index contributed by atoms with van der Waals surface area (Å²) in [7, 11) is 0. The Morgan fingerprint density at radius 1 is 1.12 bits per heavy atom. The molecule has 0 radical (unpaired) electrons. The second-order valence-corrected chi connectivity index (χ2v) is 6.37. The molecular weight excluding hydrogens is 212 g/mol. The summed E-state index contributed by atoms with van der Waals surface area (Å²) in [6, 6.07) is 8.62. The fourth-order valence-corrected chi connectivity index (χ4v) is 2.79. The zero-order chi connectivity index (χ0) is 11.8. The minimum Gasteiger partial charge on any atom is -0.136 e. The standard InChI is InChI=1S/C15H18S/c1-11-12-7-5-6-8-14(12)16-13(11)9-10-15(2,3)4/h5-10H,1-4H3/b10-9+. The van der Waals surface area contributed by atoms with E-state index in [9.17, 15) is 0 Å². The maximum absolute atomic E-state index is 2.28. The van der Waals surface area contributed by atoms with Crippen LogP contribution in [0.3, 0.4) is 0 Å². The van der Waals surface area contributed by atoms with Gasteiger partial charge in [0.25, 0.3) is 0 Å². The third-order valence-electron chi connectivity index (χ3n) is 2.62. The molecule has 0 aliphatic carbocycles. The Bertz CT molecular complexity index is 524. The van der Waals surface area contributed by atoms with Crippen LogP contribution in [0.2, 0.25) is 0 Å². The van der Waals surface area contributed by atoms with Gasteiger partial charge in [-0.1, -0.05) is 45.0 Å². The number of rotatable bonds is 1. The topological polar surface area (TPSA) is 0 Å². The molecule has 0 aliphatic rings. The first-order chi connectivity index (χ1) is 7.47. The lowest BCUT2D eigenvalue weighted by Gasteiger charge is -2.10. The first kappa shape index (κ1) is 11.4. The van der Waals surface area contributed by atoms with Crippen molar-refractivity contribution in [3.63, 3.8) is 0 Å². The van der Waals surface area contributed by atoms with E-state index in [0.717, 1.165) is 0 Å². The van der Waals surface area contributed by atoms with Crippen LogP contribution in [-0.4, -0.2) is 0 Å². The van der Waals surface area contributed by atoms with Gasteiger partial charge in [-0.15, -0.1) is 11.3 Å². The van der Waals surface area contributed by atoms with Crippen LogP contribution in [0.25, 0.3) is 16.2 Å². The fraction of sp³-hybridized carbons (Fsp3) is 0.333. The molecule has 0 saturated heterocycles. The molecule has 0 fully saturated rings. The molecule has 0 unspecified atom stereocenters. The maximum Gasteiger partial charge on any atom is 0.0351 e. The van der Waals surface area contributed by atoms with Crippen molar-refractivity contribution in [3.8, 4) is 0 Å². The number of allylic oxidation sites excluding steroid dienone is 1. The summed E-state index contributed by atoms with van der Waals surface area (Å²) in [6.07, 6.45) is 4.55. The largest absolute Gasteiger partial charge is 0.136 e. The van der Waals surface area contributed by atoms with Gasteiger partial charge >= 0.3 is 0 Å². The van der Waals surface area contributed by atoms with Gasteiger partial charge in [-0.25, -0.2) is 0 Å². The van der Waals surface area contributed by atoms with Gasteiger partial charge in [0.05, 0.1) is 0 Å². The highest BCUT2D eigenvalue weighted by Crippen LogP contribution is 2.32. The van der Waals surface area contributed by atoms with E-state index in [1.807, 2.05) is 11.3 Å². The Morgan fingerprint density at radius 3 is 2.44 bits per heavy atom. The van der Waals surface area contributed by atoms with Crippen molar-refractivity contribution in [3.05, 3.63) is 40.8 Å². The third kappa shape index (κ3) is 2.35. The Hall–Kier alpha value is -1.08. The molecule has 0 nitrogen and oxygen atoms in total. The Morgan fingerprint density at radius 2 is 1.81 bits per heavy atom. The molecule has 1 aromatic carbocycles. The van der Waals surface area contributed by atoms with Crippen molar-refractivity contribution in [2.24, 2.45) is 5.41 Å². The first-order valence-electron chi connectivity index (χ1n) is 5.65. The lowest BCUT2D eigenvalue weighted by Crippen LogP contribution is -1.97. The van der Waals surface area contributed by atoms with E-state index in [1.54, 1.807) is 0 Å². The number of hydrogen-bond acceptors (Lipinski definition) is 1. The quantitative estimate of drug-likeness (QED) is 0.626. The van der Waals surface area contributed by atoms with Crippen LogP contribution in [0, 0.1) is 12.3 Å². The Balaban J connectivity index is 2.46. The number of fused-ring (bicyclic) bond motifs is 1. The maximum atomic E-state index is 2.28. The summed E-state index contributed by atoms with van der Waals surface area (Å²) in [5.74, 6) is 0.